The van der Waals surface area contributed by atoms with E-state index in [9.17, 15) is 31.7 Å². The van der Waals surface area contributed by atoms with Crippen LogP contribution in [0.2, 0.25) is 0 Å². The van der Waals surface area contributed by atoms with Crippen molar-refractivity contribution in [1.82, 2.24) is 4.98 Å². The number of hydrogen-bond donors (Lipinski definition) is 1. The Hall–Kier alpha value is -2.28. The molecule has 0 amide bonds. The van der Waals surface area contributed by atoms with Gasteiger partial charge in [0.25, 0.3) is 0 Å². The minimum absolute atomic E-state index is 0.0252. The van der Waals surface area contributed by atoms with Crippen LogP contribution in [-0.4, -0.2) is 41.9 Å². The number of halogens is 3. The number of fused-ring (bicyclic) bond motifs is 1. The molecule has 1 heterocycles. The van der Waals surface area contributed by atoms with E-state index in [4.69, 9.17) is 0 Å². The molecular weight excluding hydrogens is 435 g/mol. The van der Waals surface area contributed by atoms with Crippen LogP contribution in [0.5, 0.6) is 5.88 Å². The van der Waals surface area contributed by atoms with E-state index in [1.54, 1.807) is 38.6 Å². The molecule has 0 aliphatic heterocycles. The Kier molecular flexibility index (Phi) is 7.71. The highest BCUT2D eigenvalue weighted by Crippen LogP contribution is 2.42. The van der Waals surface area contributed by atoms with Crippen molar-refractivity contribution in [3.8, 4) is 5.88 Å². The van der Waals surface area contributed by atoms with E-state index in [2.05, 4.69) is 14.5 Å². The maximum atomic E-state index is 12.6. The summed E-state index contributed by atoms with van der Waals surface area (Å²) in [5.41, 5.74) is -7.66. The molecule has 1 aromatic carbocycles. The Bertz CT molecular complexity index is 990. The zero-order chi connectivity index (χ0) is 22.6. The molecule has 162 valence electrons. The van der Waals surface area contributed by atoms with Gasteiger partial charge < -0.3 is 9.50 Å². The summed E-state index contributed by atoms with van der Waals surface area (Å²) in [7, 11) is -6.13. The molecule has 0 fully saturated rings. The first-order chi connectivity index (χ1) is 13.1. The number of anilines is 1. The second-order valence-electron chi connectivity index (χ2n) is 6.68. The van der Waals surface area contributed by atoms with Gasteiger partial charge in [-0.05, 0) is 39.3 Å². The van der Waals surface area contributed by atoms with E-state index in [0.29, 0.717) is 0 Å². The van der Waals surface area contributed by atoms with Crippen molar-refractivity contribution in [2.45, 2.75) is 31.8 Å². The number of thioether (sulfide) groups is 1. The molecule has 13 heteroatoms. The number of nitro groups is 1. The quantitative estimate of drug-likeness (QED) is 0.309. The summed E-state index contributed by atoms with van der Waals surface area (Å²) in [6.07, 6.45) is 4.08. The molecule has 0 atom stereocenters. The monoisotopic (exact) mass is 455 g/mol. The van der Waals surface area contributed by atoms with E-state index in [0.717, 1.165) is 0 Å². The van der Waals surface area contributed by atoms with E-state index in [1.165, 1.54) is 18.2 Å². The van der Waals surface area contributed by atoms with Gasteiger partial charge >= 0.3 is 27.2 Å². The molecule has 1 N–H and O–H groups in total. The zero-order valence-corrected chi connectivity index (χ0v) is 17.8. The highest BCUT2D eigenvalue weighted by atomic mass is 32.2. The van der Waals surface area contributed by atoms with Crippen molar-refractivity contribution in [2.24, 2.45) is 0 Å². The summed E-state index contributed by atoms with van der Waals surface area (Å²) in [6, 6.07) is 5.87. The minimum atomic E-state index is -6.13. The Labute approximate surface area is 170 Å². The smallest absolute Gasteiger partial charge is 0.374 e. The first-order valence-electron chi connectivity index (χ1n) is 7.91. The minimum Gasteiger partial charge on any atom is -0.374 e. The molecular formula is C16H20F3N3O5S2. The van der Waals surface area contributed by atoms with Gasteiger partial charge in [0, 0.05) is 10.9 Å². The predicted molar refractivity (Wildman–Crippen MR) is 107 cm³/mol. The van der Waals surface area contributed by atoms with E-state index in [1.807, 2.05) is 12.5 Å². The van der Waals surface area contributed by atoms with Crippen LogP contribution >= 0.6 is 11.8 Å². The summed E-state index contributed by atoms with van der Waals surface area (Å²) in [6.45, 7) is 5.00. The highest BCUT2D eigenvalue weighted by Gasteiger charge is 2.50. The summed E-state index contributed by atoms with van der Waals surface area (Å²) in [5, 5.41) is 14.5. The van der Waals surface area contributed by atoms with Crippen LogP contribution in [0, 0.1) is 10.1 Å². The van der Waals surface area contributed by atoms with Gasteiger partial charge in [-0.25, -0.2) is 4.98 Å². The van der Waals surface area contributed by atoms with Gasteiger partial charge in [-0.1, -0.05) is 18.2 Å². The van der Waals surface area contributed by atoms with Crippen LogP contribution in [0.1, 0.15) is 20.8 Å². The molecule has 29 heavy (non-hydrogen) atoms. The van der Waals surface area contributed by atoms with Crippen molar-refractivity contribution in [3.63, 3.8) is 0 Å². The number of nitrogens with zero attached hydrogens (tertiary/aromatic N) is 2. The lowest BCUT2D eigenvalue weighted by Crippen LogP contribution is -2.29. The standard InChI is InChI=1S/C14H14F3N3O5S.C2H6S/c1-13(2,3)19-10-8-6-4-5-7-9(8)18-12(11(10)20(21)22)25-26(23,24)14(15,16)17;1-3-2/h4-7H,1-3H3,(H,18,19);1-2H3. The Morgan fingerprint density at radius 2 is 1.69 bits per heavy atom. The number of benzene rings is 1. The molecule has 2 rings (SSSR count). The van der Waals surface area contributed by atoms with Crippen molar-refractivity contribution in [3.05, 3.63) is 34.4 Å². The van der Waals surface area contributed by atoms with Crippen molar-refractivity contribution in [2.75, 3.05) is 17.8 Å². The molecule has 0 aliphatic carbocycles. The second-order valence-corrected chi connectivity index (χ2v) is 9.04. The topological polar surface area (TPSA) is 111 Å². The lowest BCUT2D eigenvalue weighted by Gasteiger charge is -2.23. The Balaban J connectivity index is 0.00000132. The third-order valence-electron chi connectivity index (χ3n) is 2.99. The van der Waals surface area contributed by atoms with Crippen molar-refractivity contribution < 1.29 is 30.7 Å². The van der Waals surface area contributed by atoms with Gasteiger partial charge in [0.2, 0.25) is 0 Å². The average Bonchev–Trinajstić information content (AvgIpc) is 2.52. The predicted octanol–water partition coefficient (Wildman–Crippen LogP) is 4.56. The first kappa shape index (κ1) is 24.8. The fraction of sp³-hybridized carbons (Fsp3) is 0.438. The number of alkyl halides is 3. The summed E-state index contributed by atoms with van der Waals surface area (Å²) in [4.78, 5) is 14.0. The summed E-state index contributed by atoms with van der Waals surface area (Å²) < 4.78 is 64.4. The Morgan fingerprint density at radius 3 is 2.14 bits per heavy atom. The molecule has 0 bridgehead atoms. The van der Waals surface area contributed by atoms with Gasteiger partial charge in [-0.2, -0.15) is 33.4 Å². The van der Waals surface area contributed by atoms with Gasteiger partial charge in [0.15, 0.2) is 0 Å². The van der Waals surface area contributed by atoms with Crippen LogP contribution in [0.25, 0.3) is 10.9 Å². The van der Waals surface area contributed by atoms with Crippen molar-refractivity contribution in [1.29, 1.82) is 0 Å². The molecule has 0 spiro atoms. The number of para-hydroxylation sites is 1. The van der Waals surface area contributed by atoms with E-state index < -0.39 is 37.7 Å². The molecule has 0 radical (unpaired) electrons. The third-order valence-corrected chi connectivity index (χ3v) is 3.93. The molecule has 0 unspecified atom stereocenters. The van der Waals surface area contributed by atoms with E-state index >= 15 is 0 Å². The molecule has 1 aromatic heterocycles. The molecule has 2 aromatic rings. The SMILES string of the molecule is CC(C)(C)Nc1c([N+](=O)[O-])c(OS(=O)(=O)C(F)(F)F)nc2ccccc12.CSC. The van der Waals surface area contributed by atoms with Crippen LogP contribution in [0.15, 0.2) is 24.3 Å². The number of rotatable bonds is 4. The molecule has 0 aliphatic rings. The highest BCUT2D eigenvalue weighted by molar-refractivity contribution is 7.97. The fourth-order valence-corrected chi connectivity index (χ4v) is 2.48. The number of nitrogens with one attached hydrogen (secondary N) is 1. The summed E-state index contributed by atoms with van der Waals surface area (Å²) >= 11 is 1.75. The molecule has 0 saturated heterocycles. The van der Waals surface area contributed by atoms with Gasteiger partial charge in [0.1, 0.15) is 5.69 Å². The lowest BCUT2D eigenvalue weighted by atomic mass is 10.1. The first-order valence-corrected chi connectivity index (χ1v) is 10.9. The third kappa shape index (κ3) is 6.35. The maximum Gasteiger partial charge on any atom is 0.534 e. The molecule has 0 saturated carbocycles. The number of hydrogen-bond acceptors (Lipinski definition) is 8. The maximum absolute atomic E-state index is 12.6. The number of pyridine rings is 1. The summed E-state index contributed by atoms with van der Waals surface area (Å²) in [5.74, 6) is -1.27. The van der Waals surface area contributed by atoms with Crippen molar-refractivity contribution >= 4 is 44.2 Å². The average molecular weight is 455 g/mol. The van der Waals surface area contributed by atoms with Crippen LogP contribution in [0.4, 0.5) is 24.5 Å². The van der Waals surface area contributed by atoms with Gasteiger partial charge in [-0.3, -0.25) is 10.1 Å². The largest absolute Gasteiger partial charge is 0.534 e. The van der Waals surface area contributed by atoms with Gasteiger partial charge in [0.05, 0.1) is 10.4 Å². The van der Waals surface area contributed by atoms with Crippen LogP contribution in [0.3, 0.4) is 0 Å². The Morgan fingerprint density at radius 1 is 1.17 bits per heavy atom. The second kappa shape index (κ2) is 9.03. The molecule has 8 nitrogen and oxygen atoms in total. The van der Waals surface area contributed by atoms with Crippen LogP contribution in [-0.2, 0) is 10.1 Å². The number of aromatic nitrogens is 1. The van der Waals surface area contributed by atoms with E-state index in [-0.39, 0.29) is 16.6 Å². The van der Waals surface area contributed by atoms with Gasteiger partial charge in [-0.15, -0.1) is 0 Å². The lowest BCUT2D eigenvalue weighted by molar-refractivity contribution is -0.384. The van der Waals surface area contributed by atoms with Crippen LogP contribution < -0.4 is 9.50 Å². The fourth-order valence-electron chi connectivity index (χ4n) is 2.06. The zero-order valence-electron chi connectivity index (χ0n) is 16.2. The normalized spacial score (nSPS) is 12.1.